The lowest BCUT2D eigenvalue weighted by Gasteiger charge is -2.12. The average molecular weight is 514 g/mol. The number of hydrogen-bond donors (Lipinski definition) is 3. The molecule has 1 aromatic carbocycles. The molecule has 1 aliphatic rings. The standard InChI is InChI=1S/C21H30N4O3.HI/c1-3-17-7-5-8-19(13-17)25-20(26)14-24-21(22-4-2)23-10-6-11-27-15-18-9-12-28-16-18;/h1,5,7-8,13,18H,4,6,9-12,14-16H2,2H3,(H,25,26)(H2,22,23,24);1H. The van der Waals surface area contributed by atoms with Gasteiger partial charge in [0.25, 0.3) is 0 Å². The van der Waals surface area contributed by atoms with E-state index in [1.165, 1.54) is 0 Å². The number of rotatable bonds is 10. The third kappa shape index (κ3) is 10.5. The van der Waals surface area contributed by atoms with Gasteiger partial charge in [0.05, 0.1) is 13.2 Å². The molecule has 1 fully saturated rings. The van der Waals surface area contributed by atoms with E-state index in [0.29, 0.717) is 24.2 Å². The molecule has 1 aliphatic heterocycles. The molecule has 1 atom stereocenters. The Bertz CT molecular complexity index is 685. The number of ether oxygens (including phenoxy) is 2. The summed E-state index contributed by atoms with van der Waals surface area (Å²) in [5.74, 6) is 3.49. The van der Waals surface area contributed by atoms with Crippen molar-refractivity contribution < 1.29 is 14.3 Å². The highest BCUT2D eigenvalue weighted by molar-refractivity contribution is 14.0. The maximum Gasteiger partial charge on any atom is 0.246 e. The molecule has 160 valence electrons. The predicted octanol–water partition coefficient (Wildman–Crippen LogP) is 2.22. The Labute approximate surface area is 190 Å². The van der Waals surface area contributed by atoms with E-state index in [2.05, 4.69) is 26.9 Å². The number of aliphatic imine (C=N–C) groups is 1. The maximum absolute atomic E-state index is 12.1. The molecule has 7 nitrogen and oxygen atoms in total. The Balaban J connectivity index is 0.00000420. The van der Waals surface area contributed by atoms with E-state index in [1.54, 1.807) is 12.1 Å². The first-order valence-electron chi connectivity index (χ1n) is 9.75. The first-order chi connectivity index (χ1) is 13.7. The van der Waals surface area contributed by atoms with Crippen LogP contribution >= 0.6 is 24.0 Å². The number of carbonyl (C=O) groups excluding carboxylic acids is 1. The molecule has 0 aromatic heterocycles. The first-order valence-corrected chi connectivity index (χ1v) is 9.75. The van der Waals surface area contributed by atoms with E-state index in [9.17, 15) is 4.79 Å². The third-order valence-electron chi connectivity index (χ3n) is 4.17. The van der Waals surface area contributed by atoms with Gasteiger partial charge in [-0.1, -0.05) is 12.0 Å². The van der Waals surface area contributed by atoms with Crippen LogP contribution in [0.25, 0.3) is 0 Å². The number of nitrogens with zero attached hydrogens (tertiary/aromatic N) is 1. The van der Waals surface area contributed by atoms with Crippen LogP contribution in [0.3, 0.4) is 0 Å². The zero-order valence-corrected chi connectivity index (χ0v) is 19.2. The molecular weight excluding hydrogens is 483 g/mol. The fourth-order valence-corrected chi connectivity index (χ4v) is 2.73. The lowest BCUT2D eigenvalue weighted by atomic mass is 10.1. The summed E-state index contributed by atoms with van der Waals surface area (Å²) in [5, 5.41) is 9.14. The highest BCUT2D eigenvalue weighted by Crippen LogP contribution is 2.12. The lowest BCUT2D eigenvalue weighted by Crippen LogP contribution is -2.38. The molecule has 2 rings (SSSR count). The molecule has 0 aliphatic carbocycles. The summed E-state index contributed by atoms with van der Waals surface area (Å²) in [7, 11) is 0. The smallest absolute Gasteiger partial charge is 0.246 e. The van der Waals surface area contributed by atoms with Crippen molar-refractivity contribution in [2.24, 2.45) is 10.9 Å². The number of hydrogen-bond acceptors (Lipinski definition) is 4. The Morgan fingerprint density at radius 3 is 3.00 bits per heavy atom. The second-order valence-corrected chi connectivity index (χ2v) is 6.55. The molecule has 0 spiro atoms. The molecular formula is C21H31IN4O3. The minimum absolute atomic E-state index is 0. The van der Waals surface area contributed by atoms with Crippen LogP contribution in [0.5, 0.6) is 0 Å². The number of halogens is 1. The van der Waals surface area contributed by atoms with Gasteiger partial charge in [-0.15, -0.1) is 30.4 Å². The van der Waals surface area contributed by atoms with Crippen LogP contribution in [-0.4, -0.2) is 57.9 Å². The van der Waals surface area contributed by atoms with Crippen molar-refractivity contribution in [1.82, 2.24) is 10.6 Å². The molecule has 0 saturated carbocycles. The number of carbonyl (C=O) groups is 1. The number of nitrogens with one attached hydrogen (secondary N) is 3. The molecule has 3 N–H and O–H groups in total. The number of guanidine groups is 1. The number of amides is 1. The monoisotopic (exact) mass is 514 g/mol. The van der Waals surface area contributed by atoms with Gasteiger partial charge in [0.1, 0.15) is 6.54 Å². The van der Waals surface area contributed by atoms with Gasteiger partial charge in [-0.3, -0.25) is 4.79 Å². The summed E-state index contributed by atoms with van der Waals surface area (Å²) in [6.07, 6.45) is 7.33. The Morgan fingerprint density at radius 1 is 1.41 bits per heavy atom. The van der Waals surface area contributed by atoms with Crippen LogP contribution in [0.1, 0.15) is 25.3 Å². The summed E-state index contributed by atoms with van der Waals surface area (Å²) in [6.45, 7) is 6.55. The first kappa shape index (κ1) is 25.2. The van der Waals surface area contributed by atoms with Crippen LogP contribution in [0.4, 0.5) is 5.69 Å². The van der Waals surface area contributed by atoms with E-state index in [1.807, 2.05) is 19.1 Å². The summed E-state index contributed by atoms with van der Waals surface area (Å²) in [5.41, 5.74) is 1.39. The topological polar surface area (TPSA) is 84.0 Å². The van der Waals surface area contributed by atoms with E-state index in [4.69, 9.17) is 15.9 Å². The molecule has 29 heavy (non-hydrogen) atoms. The van der Waals surface area contributed by atoms with Gasteiger partial charge in [-0.2, -0.15) is 0 Å². The van der Waals surface area contributed by atoms with Gasteiger partial charge in [-0.25, -0.2) is 4.99 Å². The van der Waals surface area contributed by atoms with Crippen molar-refractivity contribution in [2.45, 2.75) is 19.8 Å². The molecule has 1 saturated heterocycles. The fourth-order valence-electron chi connectivity index (χ4n) is 2.73. The van der Waals surface area contributed by atoms with Crippen LogP contribution in [0, 0.1) is 18.3 Å². The molecule has 0 radical (unpaired) electrons. The molecule has 8 heteroatoms. The molecule has 0 bridgehead atoms. The van der Waals surface area contributed by atoms with Gasteiger partial charge >= 0.3 is 0 Å². The van der Waals surface area contributed by atoms with Crippen molar-refractivity contribution in [1.29, 1.82) is 0 Å². The van der Waals surface area contributed by atoms with E-state index < -0.39 is 0 Å². The summed E-state index contributed by atoms with van der Waals surface area (Å²) in [4.78, 5) is 16.4. The maximum atomic E-state index is 12.1. The van der Waals surface area contributed by atoms with E-state index >= 15 is 0 Å². The largest absolute Gasteiger partial charge is 0.381 e. The Morgan fingerprint density at radius 2 is 2.28 bits per heavy atom. The van der Waals surface area contributed by atoms with Gasteiger partial charge < -0.3 is 25.4 Å². The van der Waals surface area contributed by atoms with Crippen molar-refractivity contribution >= 4 is 41.5 Å². The van der Waals surface area contributed by atoms with Gasteiger partial charge in [0.15, 0.2) is 5.96 Å². The number of terminal acetylenes is 1. The van der Waals surface area contributed by atoms with Crippen molar-refractivity contribution in [3.63, 3.8) is 0 Å². The third-order valence-corrected chi connectivity index (χ3v) is 4.17. The van der Waals surface area contributed by atoms with Gasteiger partial charge in [-0.05, 0) is 38.0 Å². The van der Waals surface area contributed by atoms with Crippen LogP contribution < -0.4 is 16.0 Å². The highest BCUT2D eigenvalue weighted by atomic mass is 127. The molecule has 1 aromatic rings. The summed E-state index contributed by atoms with van der Waals surface area (Å²) < 4.78 is 11.0. The Hall–Kier alpha value is -1.83. The second kappa shape index (κ2) is 15.1. The van der Waals surface area contributed by atoms with Crippen LogP contribution in [-0.2, 0) is 14.3 Å². The second-order valence-electron chi connectivity index (χ2n) is 6.55. The zero-order chi connectivity index (χ0) is 20.0. The average Bonchev–Trinajstić information content (AvgIpc) is 3.22. The number of anilines is 1. The molecule has 1 unspecified atom stereocenters. The van der Waals surface area contributed by atoms with E-state index in [-0.39, 0.29) is 36.4 Å². The van der Waals surface area contributed by atoms with Crippen molar-refractivity contribution in [2.75, 3.05) is 51.4 Å². The highest BCUT2D eigenvalue weighted by Gasteiger charge is 2.15. The molecule has 1 heterocycles. The van der Waals surface area contributed by atoms with E-state index in [0.717, 1.165) is 51.3 Å². The van der Waals surface area contributed by atoms with Crippen LogP contribution in [0.2, 0.25) is 0 Å². The molecule has 1 amide bonds. The quantitative estimate of drug-likeness (QED) is 0.147. The summed E-state index contributed by atoms with van der Waals surface area (Å²) in [6, 6.07) is 7.17. The fraction of sp³-hybridized carbons (Fsp3) is 0.524. The normalized spacial score (nSPS) is 15.9. The zero-order valence-electron chi connectivity index (χ0n) is 16.9. The minimum atomic E-state index is -0.200. The van der Waals surface area contributed by atoms with Gasteiger partial charge in [0.2, 0.25) is 5.91 Å². The Kier molecular flexibility index (Phi) is 13.1. The number of benzene rings is 1. The van der Waals surface area contributed by atoms with Crippen LogP contribution in [0.15, 0.2) is 29.3 Å². The predicted molar refractivity (Wildman–Crippen MR) is 127 cm³/mol. The SMILES string of the molecule is C#Cc1cccc(NC(=O)CN=C(NCC)NCCCOCC2CCOC2)c1.I. The summed E-state index contributed by atoms with van der Waals surface area (Å²) >= 11 is 0. The minimum Gasteiger partial charge on any atom is -0.381 e. The van der Waals surface area contributed by atoms with Gasteiger partial charge in [0, 0.05) is 43.5 Å². The van der Waals surface area contributed by atoms with Crippen molar-refractivity contribution in [3.05, 3.63) is 29.8 Å². The van der Waals surface area contributed by atoms with Crippen molar-refractivity contribution in [3.8, 4) is 12.3 Å². The lowest BCUT2D eigenvalue weighted by molar-refractivity contribution is -0.114.